The van der Waals surface area contributed by atoms with Crippen LogP contribution in [0.25, 0.3) is 0 Å². The predicted molar refractivity (Wildman–Crippen MR) is 88.0 cm³/mol. The van der Waals surface area contributed by atoms with E-state index < -0.39 is 11.4 Å². The highest BCUT2D eigenvalue weighted by molar-refractivity contribution is 6.31. The van der Waals surface area contributed by atoms with Crippen LogP contribution >= 0.6 is 11.6 Å². The fourth-order valence-corrected chi connectivity index (χ4v) is 2.92. The Bertz CT molecular complexity index is 822. The molecular formula is C17H16ClFN2O2. The van der Waals surface area contributed by atoms with Gasteiger partial charge in [0, 0.05) is 17.2 Å². The summed E-state index contributed by atoms with van der Waals surface area (Å²) in [6.07, 6.45) is 0. The molecule has 1 heterocycles. The van der Waals surface area contributed by atoms with E-state index in [0.717, 1.165) is 11.6 Å². The average Bonchev–Trinajstić information content (AvgIpc) is 2.75. The van der Waals surface area contributed by atoms with Crippen LogP contribution in [0.15, 0.2) is 35.3 Å². The van der Waals surface area contributed by atoms with Crippen LogP contribution in [-0.2, 0) is 5.60 Å². The van der Waals surface area contributed by atoms with Crippen molar-refractivity contribution in [3.63, 3.8) is 0 Å². The number of rotatable bonds is 3. The lowest BCUT2D eigenvalue weighted by Crippen LogP contribution is -2.40. The molecule has 0 saturated heterocycles. The average molecular weight is 335 g/mol. The van der Waals surface area contributed by atoms with E-state index in [1.54, 1.807) is 19.1 Å². The van der Waals surface area contributed by atoms with Crippen molar-refractivity contribution in [2.45, 2.75) is 19.4 Å². The molecule has 3 rings (SSSR count). The van der Waals surface area contributed by atoms with Gasteiger partial charge in [-0.3, -0.25) is 0 Å². The normalized spacial score (nSPS) is 19.4. The summed E-state index contributed by atoms with van der Waals surface area (Å²) in [5.74, 6) is -0.438. The minimum Gasteiger partial charge on any atom is -0.493 e. The Morgan fingerprint density at radius 1 is 1.30 bits per heavy atom. The van der Waals surface area contributed by atoms with Crippen molar-refractivity contribution >= 4 is 23.1 Å². The van der Waals surface area contributed by atoms with Gasteiger partial charge >= 0.3 is 0 Å². The van der Waals surface area contributed by atoms with Crippen LogP contribution in [0.4, 0.5) is 10.1 Å². The quantitative estimate of drug-likeness (QED) is 0.903. The number of nitrogens with two attached hydrogens (primary N) is 1. The third-order valence-corrected chi connectivity index (χ3v) is 4.16. The molecule has 2 aromatic rings. The predicted octanol–water partition coefficient (Wildman–Crippen LogP) is 3.42. The maximum Gasteiger partial charge on any atom is 0.178 e. The monoisotopic (exact) mass is 334 g/mol. The summed E-state index contributed by atoms with van der Waals surface area (Å²) in [5.41, 5.74) is 6.61. The highest BCUT2D eigenvalue weighted by Gasteiger charge is 2.44. The first-order valence-electron chi connectivity index (χ1n) is 7.18. The Morgan fingerprint density at radius 3 is 2.74 bits per heavy atom. The molecule has 1 unspecified atom stereocenters. The maximum atomic E-state index is 13.8. The summed E-state index contributed by atoms with van der Waals surface area (Å²) in [4.78, 5) is 4.23. The van der Waals surface area contributed by atoms with Crippen LogP contribution in [0.3, 0.4) is 0 Å². The first-order valence-corrected chi connectivity index (χ1v) is 7.56. The molecule has 6 heteroatoms. The Balaban J connectivity index is 2.28. The lowest BCUT2D eigenvalue weighted by Gasteiger charge is -2.27. The summed E-state index contributed by atoms with van der Waals surface area (Å²) >= 11 is 5.91. The lowest BCUT2D eigenvalue weighted by molar-refractivity contribution is 0.152. The smallest absolute Gasteiger partial charge is 0.178 e. The van der Waals surface area contributed by atoms with Gasteiger partial charge in [0.25, 0.3) is 0 Å². The summed E-state index contributed by atoms with van der Waals surface area (Å²) in [6, 6.07) is 7.94. The maximum absolute atomic E-state index is 13.8. The minimum absolute atomic E-state index is 0.00160. The number of nitrogens with zero attached hydrogens (tertiary/aromatic N) is 1. The van der Waals surface area contributed by atoms with Gasteiger partial charge in [0.15, 0.2) is 5.60 Å². The number of benzene rings is 2. The number of fused-ring (bicyclic) bond motifs is 1. The van der Waals surface area contributed by atoms with Gasteiger partial charge in [0.05, 0.1) is 17.3 Å². The highest BCUT2D eigenvalue weighted by Crippen LogP contribution is 2.46. The van der Waals surface area contributed by atoms with Gasteiger partial charge < -0.3 is 15.6 Å². The van der Waals surface area contributed by atoms with Crippen molar-refractivity contribution in [2.24, 2.45) is 10.7 Å². The molecule has 120 valence electrons. The van der Waals surface area contributed by atoms with Crippen LogP contribution < -0.4 is 10.5 Å². The third kappa shape index (κ3) is 2.36. The second-order valence-corrected chi connectivity index (χ2v) is 5.83. The van der Waals surface area contributed by atoms with Gasteiger partial charge in [-0.1, -0.05) is 29.3 Å². The third-order valence-electron chi connectivity index (χ3n) is 3.87. The summed E-state index contributed by atoms with van der Waals surface area (Å²) in [5, 5.41) is 11.2. The number of aliphatic imine (C=N–C) groups is 1. The number of hydrogen-bond donors (Lipinski definition) is 2. The van der Waals surface area contributed by atoms with E-state index >= 15 is 0 Å². The van der Waals surface area contributed by atoms with E-state index in [4.69, 9.17) is 22.1 Å². The van der Waals surface area contributed by atoms with Crippen LogP contribution in [0.5, 0.6) is 5.75 Å². The van der Waals surface area contributed by atoms with E-state index in [1.807, 2.05) is 13.0 Å². The van der Waals surface area contributed by atoms with E-state index in [2.05, 4.69) is 4.99 Å². The van der Waals surface area contributed by atoms with Crippen LogP contribution in [-0.4, -0.2) is 17.5 Å². The summed E-state index contributed by atoms with van der Waals surface area (Å²) in [6.45, 7) is 3.97. The van der Waals surface area contributed by atoms with Crippen LogP contribution in [0.2, 0.25) is 5.02 Å². The molecular weight excluding hydrogens is 319 g/mol. The number of hydrogen-bond acceptors (Lipinski definition) is 4. The summed E-state index contributed by atoms with van der Waals surface area (Å²) in [7, 11) is 0. The highest BCUT2D eigenvalue weighted by atomic mass is 35.5. The standard InChI is InChI=1S/C17H16ClFN2O2/c1-3-23-15-8-13(19)12(18)7-11(15)17(22)10-6-9(2)4-5-14(10)21-16(17)20/h4-8,22H,3H2,1-2H3,(H2,20,21). The van der Waals surface area contributed by atoms with E-state index in [9.17, 15) is 9.50 Å². The molecule has 0 amide bonds. The number of aliphatic hydroxyl groups is 1. The molecule has 0 aliphatic carbocycles. The fraction of sp³-hybridized carbons (Fsp3) is 0.235. The van der Waals surface area contributed by atoms with Gasteiger partial charge in [-0.05, 0) is 26.0 Å². The molecule has 23 heavy (non-hydrogen) atoms. The second kappa shape index (κ2) is 5.51. The minimum atomic E-state index is -1.71. The molecule has 4 nitrogen and oxygen atoms in total. The number of ether oxygens (including phenoxy) is 1. The summed E-state index contributed by atoms with van der Waals surface area (Å²) < 4.78 is 19.3. The van der Waals surface area contributed by atoms with Crippen LogP contribution in [0.1, 0.15) is 23.6 Å². The van der Waals surface area contributed by atoms with Gasteiger partial charge in [-0.2, -0.15) is 0 Å². The van der Waals surface area contributed by atoms with Crippen molar-refractivity contribution in [1.29, 1.82) is 0 Å². The molecule has 3 N–H and O–H groups in total. The van der Waals surface area contributed by atoms with Crippen molar-refractivity contribution in [2.75, 3.05) is 6.61 Å². The van der Waals surface area contributed by atoms with Crippen molar-refractivity contribution in [3.05, 3.63) is 57.9 Å². The molecule has 1 aliphatic rings. The Labute approximate surface area is 138 Å². The van der Waals surface area contributed by atoms with Crippen molar-refractivity contribution < 1.29 is 14.2 Å². The zero-order valence-corrected chi connectivity index (χ0v) is 13.5. The van der Waals surface area contributed by atoms with Crippen LogP contribution in [0, 0.1) is 12.7 Å². The molecule has 2 aromatic carbocycles. The Morgan fingerprint density at radius 2 is 2.04 bits per heavy atom. The zero-order valence-electron chi connectivity index (χ0n) is 12.7. The topological polar surface area (TPSA) is 67.8 Å². The number of aryl methyl sites for hydroxylation is 1. The van der Waals surface area contributed by atoms with E-state index in [-0.39, 0.29) is 22.2 Å². The fourth-order valence-electron chi connectivity index (χ4n) is 2.76. The molecule has 1 aliphatic heterocycles. The number of amidine groups is 1. The van der Waals surface area contributed by atoms with E-state index in [1.165, 1.54) is 6.07 Å². The lowest BCUT2D eigenvalue weighted by atomic mass is 9.85. The molecule has 0 fully saturated rings. The largest absolute Gasteiger partial charge is 0.493 e. The first kappa shape index (κ1) is 15.8. The molecule has 0 bridgehead atoms. The number of halogens is 2. The Hall–Kier alpha value is -2.11. The zero-order chi connectivity index (χ0) is 16.8. The first-order chi connectivity index (χ1) is 10.9. The SMILES string of the molecule is CCOc1cc(F)c(Cl)cc1C1(O)C(N)=Nc2ccc(C)cc21. The molecule has 0 radical (unpaired) electrons. The molecule has 0 aromatic heterocycles. The Kier molecular flexibility index (Phi) is 3.78. The van der Waals surface area contributed by atoms with Gasteiger partial charge in [0.2, 0.25) is 0 Å². The van der Waals surface area contributed by atoms with E-state index in [0.29, 0.717) is 17.9 Å². The van der Waals surface area contributed by atoms with Crippen molar-refractivity contribution in [3.8, 4) is 5.75 Å². The van der Waals surface area contributed by atoms with Gasteiger partial charge in [-0.15, -0.1) is 0 Å². The van der Waals surface area contributed by atoms with Gasteiger partial charge in [0.1, 0.15) is 17.4 Å². The second-order valence-electron chi connectivity index (χ2n) is 5.42. The van der Waals surface area contributed by atoms with Crippen molar-refractivity contribution in [1.82, 2.24) is 0 Å². The molecule has 1 atom stereocenters. The molecule has 0 saturated carbocycles. The molecule has 0 spiro atoms. The van der Waals surface area contributed by atoms with Gasteiger partial charge in [-0.25, -0.2) is 9.38 Å².